The second kappa shape index (κ2) is 4.97. The molecule has 3 heteroatoms. The summed E-state index contributed by atoms with van der Waals surface area (Å²) in [4.78, 5) is 13.6. The first-order valence-electron chi connectivity index (χ1n) is 5.51. The topological polar surface area (TPSA) is 29.5 Å². The fourth-order valence-corrected chi connectivity index (χ4v) is 0.950. The van der Waals surface area contributed by atoms with Gasteiger partial charge in [0, 0.05) is 12.6 Å². The molecule has 0 aliphatic rings. The fourth-order valence-electron chi connectivity index (χ4n) is 0.950. The highest BCUT2D eigenvalue weighted by molar-refractivity contribution is 5.77. The lowest BCUT2D eigenvalue weighted by Gasteiger charge is -2.35. The van der Waals surface area contributed by atoms with E-state index >= 15 is 0 Å². The monoisotopic (exact) mass is 215 g/mol. The lowest BCUT2D eigenvalue weighted by Crippen LogP contribution is -2.46. The molecular formula is C12H25NO2. The van der Waals surface area contributed by atoms with Crippen molar-refractivity contribution in [2.24, 2.45) is 0 Å². The molecule has 0 saturated carbocycles. The van der Waals surface area contributed by atoms with Crippen molar-refractivity contribution in [2.45, 2.75) is 59.1 Å². The summed E-state index contributed by atoms with van der Waals surface area (Å²) in [6, 6.07) is 0. The first-order valence-corrected chi connectivity index (χ1v) is 5.51. The maximum absolute atomic E-state index is 11.8. The van der Waals surface area contributed by atoms with Crippen LogP contribution in [0.5, 0.6) is 0 Å². The molecule has 0 unspecified atom stereocenters. The minimum absolute atomic E-state index is 0.0387. The zero-order valence-corrected chi connectivity index (χ0v) is 11.2. The fraction of sp³-hybridized carbons (Fsp3) is 0.917. The van der Waals surface area contributed by atoms with Crippen LogP contribution in [0.25, 0.3) is 0 Å². The van der Waals surface area contributed by atoms with Crippen LogP contribution in [0.4, 0.5) is 0 Å². The molecule has 0 bridgehead atoms. The van der Waals surface area contributed by atoms with E-state index in [9.17, 15) is 4.79 Å². The Morgan fingerprint density at radius 2 is 1.67 bits per heavy atom. The highest BCUT2D eigenvalue weighted by atomic mass is 16.5. The Morgan fingerprint density at radius 1 is 1.20 bits per heavy atom. The van der Waals surface area contributed by atoms with E-state index in [-0.39, 0.29) is 23.7 Å². The van der Waals surface area contributed by atoms with Gasteiger partial charge in [0.15, 0.2) is 0 Å². The highest BCUT2D eigenvalue weighted by Gasteiger charge is 2.26. The molecule has 90 valence electrons. The number of amides is 1. The molecule has 0 aromatic heterocycles. The smallest absolute Gasteiger partial charge is 0.248 e. The molecule has 0 aromatic rings. The van der Waals surface area contributed by atoms with Crippen molar-refractivity contribution in [3.63, 3.8) is 0 Å². The summed E-state index contributed by atoms with van der Waals surface area (Å²) in [5.41, 5.74) is -0.356. The van der Waals surface area contributed by atoms with Crippen LogP contribution in [0.15, 0.2) is 0 Å². The van der Waals surface area contributed by atoms with Gasteiger partial charge in [0.05, 0.1) is 5.60 Å². The van der Waals surface area contributed by atoms with Crippen molar-refractivity contribution < 1.29 is 9.53 Å². The largest absolute Gasteiger partial charge is 0.366 e. The molecule has 0 aromatic carbocycles. The van der Waals surface area contributed by atoms with Crippen LogP contribution < -0.4 is 0 Å². The normalized spacial score (nSPS) is 12.7. The van der Waals surface area contributed by atoms with Crippen molar-refractivity contribution in [1.29, 1.82) is 0 Å². The SMILES string of the molecule is CCC(C)(C)N(C)C(=O)COC(C)(C)C. The Kier molecular flexibility index (Phi) is 4.78. The number of hydrogen-bond donors (Lipinski definition) is 0. The average Bonchev–Trinajstić information content (AvgIpc) is 2.11. The van der Waals surface area contributed by atoms with Gasteiger partial charge in [-0.2, -0.15) is 0 Å². The molecule has 0 aliphatic heterocycles. The summed E-state index contributed by atoms with van der Waals surface area (Å²) < 4.78 is 5.46. The Bertz CT molecular complexity index is 216. The quantitative estimate of drug-likeness (QED) is 0.721. The van der Waals surface area contributed by atoms with Gasteiger partial charge in [-0.25, -0.2) is 0 Å². The van der Waals surface area contributed by atoms with Crippen molar-refractivity contribution in [2.75, 3.05) is 13.7 Å². The third kappa shape index (κ3) is 5.17. The van der Waals surface area contributed by atoms with Crippen LogP contribution in [-0.2, 0) is 9.53 Å². The maximum atomic E-state index is 11.8. The second-order valence-corrected chi connectivity index (χ2v) is 5.52. The summed E-state index contributed by atoms with van der Waals surface area (Å²) >= 11 is 0. The number of likely N-dealkylation sites (N-methyl/N-ethyl adjacent to an activating group) is 1. The van der Waals surface area contributed by atoms with E-state index in [1.54, 1.807) is 4.90 Å². The molecule has 15 heavy (non-hydrogen) atoms. The highest BCUT2D eigenvalue weighted by Crippen LogP contribution is 2.17. The van der Waals surface area contributed by atoms with Gasteiger partial charge in [0.1, 0.15) is 6.61 Å². The van der Waals surface area contributed by atoms with Crippen molar-refractivity contribution in [3.8, 4) is 0 Å². The molecule has 0 heterocycles. The molecule has 3 nitrogen and oxygen atoms in total. The average molecular weight is 215 g/mol. The number of rotatable bonds is 4. The number of nitrogens with zero attached hydrogens (tertiary/aromatic N) is 1. The van der Waals surface area contributed by atoms with Gasteiger partial charge in [-0.15, -0.1) is 0 Å². The van der Waals surface area contributed by atoms with Gasteiger partial charge in [-0.3, -0.25) is 4.79 Å². The van der Waals surface area contributed by atoms with Gasteiger partial charge in [0.2, 0.25) is 5.91 Å². The predicted octanol–water partition coefficient (Wildman–Crippen LogP) is 2.45. The molecule has 0 radical (unpaired) electrons. The Balaban J connectivity index is 4.23. The minimum Gasteiger partial charge on any atom is -0.366 e. The summed E-state index contributed by atoms with van der Waals surface area (Å²) in [6.45, 7) is 12.2. The van der Waals surface area contributed by atoms with Crippen LogP contribution in [0.3, 0.4) is 0 Å². The number of carbonyl (C=O) groups excluding carboxylic acids is 1. The summed E-state index contributed by atoms with van der Waals surface area (Å²) in [5, 5.41) is 0. The van der Waals surface area contributed by atoms with E-state index < -0.39 is 0 Å². The minimum atomic E-state index is -0.257. The van der Waals surface area contributed by atoms with Crippen molar-refractivity contribution >= 4 is 5.91 Å². The molecule has 1 amide bonds. The number of hydrogen-bond acceptors (Lipinski definition) is 2. The molecule has 0 N–H and O–H groups in total. The first-order chi connectivity index (χ1) is 6.60. The lowest BCUT2D eigenvalue weighted by molar-refractivity contribution is -0.144. The summed E-state index contributed by atoms with van der Waals surface area (Å²) in [6.07, 6.45) is 0.935. The van der Waals surface area contributed by atoms with E-state index in [0.717, 1.165) is 6.42 Å². The molecular weight excluding hydrogens is 190 g/mol. The van der Waals surface area contributed by atoms with Gasteiger partial charge in [-0.05, 0) is 41.0 Å². The van der Waals surface area contributed by atoms with E-state index in [1.165, 1.54) is 0 Å². The van der Waals surface area contributed by atoms with Crippen LogP contribution in [0, 0.1) is 0 Å². The zero-order chi connectivity index (χ0) is 12.3. The molecule has 0 fully saturated rings. The molecule has 0 saturated heterocycles. The van der Waals surface area contributed by atoms with Crippen LogP contribution in [0.1, 0.15) is 48.0 Å². The van der Waals surface area contributed by atoms with E-state index in [1.807, 2.05) is 27.8 Å². The molecule has 0 aliphatic carbocycles. The van der Waals surface area contributed by atoms with Gasteiger partial charge < -0.3 is 9.64 Å². The second-order valence-electron chi connectivity index (χ2n) is 5.52. The summed E-state index contributed by atoms with van der Waals surface area (Å²) in [5.74, 6) is 0.0387. The van der Waals surface area contributed by atoms with Crippen molar-refractivity contribution in [3.05, 3.63) is 0 Å². The van der Waals surface area contributed by atoms with Crippen LogP contribution >= 0.6 is 0 Å². The molecule has 0 spiro atoms. The number of ether oxygens (including phenoxy) is 1. The Labute approximate surface area is 93.8 Å². The van der Waals surface area contributed by atoms with Gasteiger partial charge >= 0.3 is 0 Å². The Morgan fingerprint density at radius 3 is 2.00 bits per heavy atom. The standard InChI is InChI=1S/C12H25NO2/c1-8-12(5,6)13(7)10(14)9-15-11(2,3)4/h8-9H2,1-7H3. The lowest BCUT2D eigenvalue weighted by atomic mass is 10.00. The van der Waals surface area contributed by atoms with E-state index in [2.05, 4.69) is 20.8 Å². The zero-order valence-electron chi connectivity index (χ0n) is 11.2. The van der Waals surface area contributed by atoms with E-state index in [4.69, 9.17) is 4.74 Å². The third-order valence-corrected chi connectivity index (χ3v) is 2.78. The number of carbonyl (C=O) groups is 1. The predicted molar refractivity (Wildman–Crippen MR) is 62.8 cm³/mol. The third-order valence-electron chi connectivity index (χ3n) is 2.78. The molecule has 0 atom stereocenters. The molecule has 0 rings (SSSR count). The first kappa shape index (κ1) is 14.4. The Hall–Kier alpha value is -0.570. The van der Waals surface area contributed by atoms with Crippen LogP contribution in [-0.4, -0.2) is 35.6 Å². The maximum Gasteiger partial charge on any atom is 0.248 e. The van der Waals surface area contributed by atoms with Gasteiger partial charge in [0.25, 0.3) is 0 Å². The van der Waals surface area contributed by atoms with Gasteiger partial charge in [-0.1, -0.05) is 6.92 Å². The summed E-state index contributed by atoms with van der Waals surface area (Å²) in [7, 11) is 1.83. The van der Waals surface area contributed by atoms with Crippen LogP contribution in [0.2, 0.25) is 0 Å². The van der Waals surface area contributed by atoms with Crippen molar-refractivity contribution in [1.82, 2.24) is 4.90 Å². The van der Waals surface area contributed by atoms with E-state index in [0.29, 0.717) is 0 Å².